The monoisotopic (exact) mass is 439 g/mol. The Morgan fingerprint density at radius 3 is 2.28 bits per heavy atom. The minimum absolute atomic E-state index is 0.192. The number of aromatic nitrogens is 2. The minimum Gasteiger partial charge on any atom is -0.497 e. The minimum atomic E-state index is -0.330. The second kappa shape index (κ2) is 10.9. The number of methoxy groups -OCH3 is 3. The van der Waals surface area contributed by atoms with Crippen LogP contribution in [-0.4, -0.2) is 50.2 Å². The Morgan fingerprint density at radius 2 is 1.59 bits per heavy atom. The normalized spacial score (nSPS) is 10.3. The van der Waals surface area contributed by atoms with Crippen molar-refractivity contribution >= 4 is 5.91 Å². The Morgan fingerprint density at radius 1 is 0.906 bits per heavy atom. The van der Waals surface area contributed by atoms with Crippen molar-refractivity contribution in [1.29, 1.82) is 0 Å². The number of carbonyl (C=O) groups excluding carboxylic acids is 1. The molecule has 32 heavy (non-hydrogen) atoms. The summed E-state index contributed by atoms with van der Waals surface area (Å²) >= 11 is 0. The third-order valence-electron chi connectivity index (χ3n) is 4.57. The van der Waals surface area contributed by atoms with Crippen LogP contribution in [0.3, 0.4) is 0 Å². The van der Waals surface area contributed by atoms with Crippen molar-refractivity contribution in [2.45, 2.75) is 6.54 Å². The molecule has 9 nitrogen and oxygen atoms in total. The summed E-state index contributed by atoms with van der Waals surface area (Å²) in [6.07, 6.45) is 0. The van der Waals surface area contributed by atoms with Gasteiger partial charge in [0.2, 0.25) is 0 Å². The number of hydrogen-bond donors (Lipinski definition) is 1. The highest BCUT2D eigenvalue weighted by atomic mass is 16.5. The molecule has 0 unspecified atom stereocenters. The second-order valence-electron chi connectivity index (χ2n) is 6.70. The average Bonchev–Trinajstić information content (AvgIpc) is 2.83. The van der Waals surface area contributed by atoms with Gasteiger partial charge in [-0.3, -0.25) is 9.59 Å². The molecule has 0 saturated heterocycles. The van der Waals surface area contributed by atoms with E-state index in [2.05, 4.69) is 10.4 Å². The number of nitrogens with one attached hydrogen (secondary N) is 1. The highest BCUT2D eigenvalue weighted by Gasteiger charge is 2.08. The Bertz CT molecular complexity index is 1110. The van der Waals surface area contributed by atoms with Crippen LogP contribution in [0.2, 0.25) is 0 Å². The molecular formula is C23H25N3O6. The lowest BCUT2D eigenvalue weighted by Gasteiger charge is -2.11. The predicted molar refractivity (Wildman–Crippen MR) is 119 cm³/mol. The predicted octanol–water partition coefficient (Wildman–Crippen LogP) is 2.13. The number of ether oxygens (including phenoxy) is 4. The summed E-state index contributed by atoms with van der Waals surface area (Å²) in [7, 11) is 4.65. The van der Waals surface area contributed by atoms with Crippen LogP contribution in [0.5, 0.6) is 23.0 Å². The van der Waals surface area contributed by atoms with Gasteiger partial charge in [0.05, 0.1) is 33.6 Å². The van der Waals surface area contributed by atoms with Crippen LogP contribution in [-0.2, 0) is 11.3 Å². The van der Waals surface area contributed by atoms with Crippen molar-refractivity contribution in [1.82, 2.24) is 15.1 Å². The van der Waals surface area contributed by atoms with Crippen LogP contribution < -0.4 is 29.8 Å². The number of rotatable bonds is 10. The zero-order valence-corrected chi connectivity index (χ0v) is 18.2. The summed E-state index contributed by atoms with van der Waals surface area (Å²) in [4.78, 5) is 24.3. The van der Waals surface area contributed by atoms with E-state index >= 15 is 0 Å². The molecule has 1 amide bonds. The molecule has 1 heterocycles. The lowest BCUT2D eigenvalue weighted by atomic mass is 10.1. The Balaban J connectivity index is 1.56. The fraction of sp³-hybridized carbons (Fsp3) is 0.261. The molecule has 168 valence electrons. The molecule has 0 saturated carbocycles. The van der Waals surface area contributed by atoms with Crippen LogP contribution in [0.1, 0.15) is 0 Å². The van der Waals surface area contributed by atoms with Crippen molar-refractivity contribution < 1.29 is 23.7 Å². The molecule has 3 aromatic rings. The summed E-state index contributed by atoms with van der Waals surface area (Å²) in [5.74, 6) is 1.93. The van der Waals surface area contributed by atoms with Gasteiger partial charge >= 0.3 is 0 Å². The van der Waals surface area contributed by atoms with E-state index in [0.717, 1.165) is 5.56 Å². The molecule has 0 atom stereocenters. The van der Waals surface area contributed by atoms with Gasteiger partial charge in [-0.05, 0) is 18.2 Å². The van der Waals surface area contributed by atoms with E-state index in [-0.39, 0.29) is 31.2 Å². The highest BCUT2D eigenvalue weighted by Crippen LogP contribution is 2.27. The van der Waals surface area contributed by atoms with Crippen LogP contribution in [0.4, 0.5) is 0 Å². The molecule has 0 spiro atoms. The first-order chi connectivity index (χ1) is 15.5. The van der Waals surface area contributed by atoms with E-state index in [1.54, 1.807) is 31.4 Å². The summed E-state index contributed by atoms with van der Waals surface area (Å²) < 4.78 is 22.4. The molecule has 2 aromatic carbocycles. The number of amides is 1. The maximum Gasteiger partial charge on any atom is 0.266 e. The van der Waals surface area contributed by atoms with Gasteiger partial charge in [-0.15, -0.1) is 0 Å². The van der Waals surface area contributed by atoms with Gasteiger partial charge in [-0.2, -0.15) is 5.10 Å². The molecule has 0 bridgehead atoms. The molecule has 9 heteroatoms. The Labute approximate surface area is 185 Å². The molecule has 3 rings (SSSR count). The zero-order valence-electron chi connectivity index (χ0n) is 18.2. The number of benzene rings is 2. The Hall–Kier alpha value is -4.01. The van der Waals surface area contributed by atoms with Crippen molar-refractivity contribution in [2.24, 2.45) is 0 Å². The first-order valence-corrected chi connectivity index (χ1v) is 9.87. The molecule has 1 N–H and O–H groups in total. The second-order valence-corrected chi connectivity index (χ2v) is 6.70. The molecule has 0 aliphatic rings. The number of carbonyl (C=O) groups is 1. The van der Waals surface area contributed by atoms with Crippen molar-refractivity contribution in [3.05, 3.63) is 65.0 Å². The fourth-order valence-electron chi connectivity index (χ4n) is 2.91. The van der Waals surface area contributed by atoms with E-state index in [1.165, 1.54) is 25.0 Å². The lowest BCUT2D eigenvalue weighted by Crippen LogP contribution is -2.34. The summed E-state index contributed by atoms with van der Waals surface area (Å²) in [5.41, 5.74) is 1.19. The highest BCUT2D eigenvalue weighted by molar-refractivity contribution is 5.77. The number of nitrogens with zero attached hydrogens (tertiary/aromatic N) is 2. The van der Waals surface area contributed by atoms with Crippen molar-refractivity contribution in [2.75, 3.05) is 34.5 Å². The van der Waals surface area contributed by atoms with Crippen molar-refractivity contribution in [3.8, 4) is 34.3 Å². The number of hydrogen-bond acceptors (Lipinski definition) is 7. The van der Waals surface area contributed by atoms with Gasteiger partial charge in [0.15, 0.2) is 6.61 Å². The molecule has 0 fully saturated rings. The van der Waals surface area contributed by atoms with E-state index in [1.807, 2.05) is 24.3 Å². The van der Waals surface area contributed by atoms with E-state index in [4.69, 9.17) is 18.9 Å². The maximum atomic E-state index is 12.1. The average molecular weight is 439 g/mol. The van der Waals surface area contributed by atoms with Crippen LogP contribution in [0, 0.1) is 0 Å². The van der Waals surface area contributed by atoms with Crippen LogP contribution in [0.15, 0.2) is 59.4 Å². The first kappa shape index (κ1) is 22.7. The molecule has 1 aromatic heterocycles. The van der Waals surface area contributed by atoms with Gasteiger partial charge in [0, 0.05) is 36.4 Å². The first-order valence-electron chi connectivity index (χ1n) is 9.87. The third kappa shape index (κ3) is 6.00. The summed E-state index contributed by atoms with van der Waals surface area (Å²) in [6, 6.07) is 15.5. The quantitative estimate of drug-likeness (QED) is 0.516. The SMILES string of the molecule is COc1cc(OC)cc(OCC(=O)NCCn2nc(-c3cccc(OC)c3)ccc2=O)c1. The van der Waals surface area contributed by atoms with Gasteiger partial charge in [-0.25, -0.2) is 4.68 Å². The summed E-state index contributed by atoms with van der Waals surface area (Å²) in [6.45, 7) is 0.246. The Kier molecular flexibility index (Phi) is 7.69. The topological polar surface area (TPSA) is 101 Å². The molecule has 0 aliphatic heterocycles. The van der Waals surface area contributed by atoms with Crippen LogP contribution >= 0.6 is 0 Å². The van der Waals surface area contributed by atoms with E-state index in [9.17, 15) is 9.59 Å². The summed E-state index contributed by atoms with van der Waals surface area (Å²) in [5, 5.41) is 7.10. The van der Waals surface area contributed by atoms with Crippen LogP contribution in [0.25, 0.3) is 11.3 Å². The smallest absolute Gasteiger partial charge is 0.266 e. The zero-order chi connectivity index (χ0) is 22.9. The standard InChI is InChI=1S/C23H25N3O6/c1-29-17-6-4-5-16(11-17)21-7-8-23(28)26(25-21)10-9-24-22(27)15-32-20-13-18(30-2)12-19(14-20)31-3/h4-8,11-14H,9-10,15H2,1-3H3,(H,24,27). The molecule has 0 radical (unpaired) electrons. The molecular weight excluding hydrogens is 414 g/mol. The maximum absolute atomic E-state index is 12.1. The third-order valence-corrected chi connectivity index (χ3v) is 4.57. The molecule has 0 aliphatic carbocycles. The van der Waals surface area contributed by atoms with Gasteiger partial charge in [-0.1, -0.05) is 12.1 Å². The van der Waals surface area contributed by atoms with Gasteiger partial charge in [0.25, 0.3) is 11.5 Å². The fourth-order valence-corrected chi connectivity index (χ4v) is 2.91. The van der Waals surface area contributed by atoms with Gasteiger partial charge < -0.3 is 24.3 Å². The van der Waals surface area contributed by atoms with E-state index < -0.39 is 0 Å². The largest absolute Gasteiger partial charge is 0.497 e. The lowest BCUT2D eigenvalue weighted by molar-refractivity contribution is -0.123. The van der Waals surface area contributed by atoms with Gasteiger partial charge in [0.1, 0.15) is 23.0 Å². The van der Waals surface area contributed by atoms with Crippen molar-refractivity contribution in [3.63, 3.8) is 0 Å². The van der Waals surface area contributed by atoms with E-state index in [0.29, 0.717) is 28.7 Å².